The summed E-state index contributed by atoms with van der Waals surface area (Å²) in [4.78, 5) is 12.6. The Balaban J connectivity index is 1.58. The largest absolute Gasteiger partial charge is 0.489 e. The molecule has 1 aliphatic rings. The van der Waals surface area contributed by atoms with E-state index in [1.165, 1.54) is 12.1 Å². The van der Waals surface area contributed by atoms with Gasteiger partial charge >= 0.3 is 0 Å². The normalized spacial score (nSPS) is 15.2. The molecule has 132 valence electrons. The second-order valence-corrected chi connectivity index (χ2v) is 6.41. The van der Waals surface area contributed by atoms with Gasteiger partial charge in [-0.05, 0) is 23.8 Å². The van der Waals surface area contributed by atoms with Crippen molar-refractivity contribution in [3.8, 4) is 5.75 Å². The monoisotopic (exact) mass is 362 g/mol. The Morgan fingerprint density at radius 1 is 1.20 bits per heavy atom. The average molecular weight is 363 g/mol. The van der Waals surface area contributed by atoms with E-state index in [-0.39, 0.29) is 23.4 Å². The van der Waals surface area contributed by atoms with Crippen molar-refractivity contribution in [2.45, 2.75) is 25.6 Å². The molecule has 0 aliphatic carbocycles. The van der Waals surface area contributed by atoms with Crippen molar-refractivity contribution in [2.24, 2.45) is 0 Å². The summed E-state index contributed by atoms with van der Waals surface area (Å²) in [7, 11) is 0. The molecule has 0 radical (unpaired) electrons. The predicted octanol–water partition coefficient (Wildman–Crippen LogP) is 3.79. The summed E-state index contributed by atoms with van der Waals surface area (Å²) in [5, 5.41) is 20.1. The minimum Gasteiger partial charge on any atom is -0.489 e. The summed E-state index contributed by atoms with van der Waals surface area (Å²) in [5.74, 6) is 0.484. The Morgan fingerprint density at radius 3 is 2.44 bits per heavy atom. The van der Waals surface area contributed by atoms with Crippen LogP contribution in [0.15, 0.2) is 42.5 Å². The molecule has 7 heteroatoms. The van der Waals surface area contributed by atoms with Gasteiger partial charge in [-0.2, -0.15) is 0 Å². The van der Waals surface area contributed by atoms with Crippen molar-refractivity contribution in [3.63, 3.8) is 0 Å². The lowest BCUT2D eigenvalue weighted by molar-refractivity contribution is -0.384. The van der Waals surface area contributed by atoms with Gasteiger partial charge in [-0.1, -0.05) is 23.7 Å². The smallest absolute Gasteiger partial charge is 0.271 e. The second-order valence-electron chi connectivity index (χ2n) is 6.00. The number of piperidine rings is 1. The summed E-state index contributed by atoms with van der Waals surface area (Å²) in [6.07, 6.45) is 1.72. The number of nitro groups is 1. The Hall–Kier alpha value is -2.31. The number of nitro benzene ring substituents is 1. The van der Waals surface area contributed by atoms with E-state index in [9.17, 15) is 10.1 Å². The predicted molar refractivity (Wildman–Crippen MR) is 96.3 cm³/mol. The Kier molecular flexibility index (Phi) is 5.40. The van der Waals surface area contributed by atoms with Crippen molar-refractivity contribution in [3.05, 3.63) is 63.2 Å². The maximum Gasteiger partial charge on any atom is 0.271 e. The molecule has 0 saturated carbocycles. The van der Waals surface area contributed by atoms with E-state index in [0.717, 1.165) is 37.2 Å². The highest BCUT2D eigenvalue weighted by Crippen LogP contribution is 2.31. The molecule has 0 spiro atoms. The highest BCUT2D eigenvalue weighted by molar-refractivity contribution is 6.32. The zero-order chi connectivity index (χ0) is 17.8. The summed E-state index contributed by atoms with van der Waals surface area (Å²) < 4.78 is 5.93. The van der Waals surface area contributed by atoms with E-state index in [0.29, 0.717) is 5.75 Å². The molecule has 0 atom stereocenters. The quantitative estimate of drug-likeness (QED) is 0.647. The first-order valence-electron chi connectivity index (χ1n) is 8.12. The van der Waals surface area contributed by atoms with Crippen LogP contribution >= 0.6 is 11.6 Å². The second kappa shape index (κ2) is 7.72. The Bertz CT molecular complexity index is 743. The summed E-state index contributed by atoms with van der Waals surface area (Å²) in [5.41, 5.74) is 1.98. The number of benzene rings is 2. The molecule has 1 saturated heterocycles. The van der Waals surface area contributed by atoms with Gasteiger partial charge in [0.05, 0.1) is 16.6 Å². The minimum atomic E-state index is -0.476. The van der Waals surface area contributed by atoms with Crippen molar-refractivity contribution in [2.75, 3.05) is 18.0 Å². The van der Waals surface area contributed by atoms with Crippen LogP contribution in [0.25, 0.3) is 0 Å². The summed E-state index contributed by atoms with van der Waals surface area (Å²) in [6, 6.07) is 12.2. The molecule has 0 amide bonds. The molecule has 6 nitrogen and oxygen atoms in total. The number of aliphatic hydroxyl groups is 1. The highest BCUT2D eigenvalue weighted by Gasteiger charge is 2.22. The van der Waals surface area contributed by atoms with Crippen LogP contribution in [-0.4, -0.2) is 29.2 Å². The molecule has 0 unspecified atom stereocenters. The van der Waals surface area contributed by atoms with Crippen molar-refractivity contribution in [1.82, 2.24) is 0 Å². The van der Waals surface area contributed by atoms with Crippen LogP contribution in [-0.2, 0) is 6.61 Å². The maximum atomic E-state index is 10.8. The summed E-state index contributed by atoms with van der Waals surface area (Å²) in [6.45, 7) is 1.76. The maximum absolute atomic E-state index is 10.8. The van der Waals surface area contributed by atoms with Crippen LogP contribution in [0.3, 0.4) is 0 Å². The van der Waals surface area contributed by atoms with Gasteiger partial charge in [0.25, 0.3) is 5.69 Å². The molecule has 25 heavy (non-hydrogen) atoms. The number of rotatable bonds is 5. The fraction of sp³-hybridized carbons (Fsp3) is 0.333. The third-order valence-corrected chi connectivity index (χ3v) is 4.64. The molecule has 1 aliphatic heterocycles. The van der Waals surface area contributed by atoms with E-state index in [1.807, 2.05) is 24.3 Å². The van der Waals surface area contributed by atoms with Crippen LogP contribution in [0, 0.1) is 10.1 Å². The molecule has 1 fully saturated rings. The molecule has 1 heterocycles. The third kappa shape index (κ3) is 4.21. The van der Waals surface area contributed by atoms with Crippen molar-refractivity contribution >= 4 is 23.0 Å². The zero-order valence-corrected chi connectivity index (χ0v) is 14.4. The highest BCUT2D eigenvalue weighted by atomic mass is 35.5. The first-order valence-corrected chi connectivity index (χ1v) is 8.50. The van der Waals surface area contributed by atoms with E-state index in [2.05, 4.69) is 4.90 Å². The van der Waals surface area contributed by atoms with Crippen LogP contribution < -0.4 is 9.64 Å². The topological polar surface area (TPSA) is 75.8 Å². The summed E-state index contributed by atoms with van der Waals surface area (Å²) >= 11 is 6.09. The Morgan fingerprint density at radius 2 is 1.88 bits per heavy atom. The number of ether oxygens (including phenoxy) is 1. The van der Waals surface area contributed by atoms with Gasteiger partial charge in [0.15, 0.2) is 0 Å². The van der Waals surface area contributed by atoms with Crippen LogP contribution in [0.4, 0.5) is 11.4 Å². The van der Waals surface area contributed by atoms with Gasteiger partial charge in [0.1, 0.15) is 11.9 Å². The van der Waals surface area contributed by atoms with Gasteiger partial charge in [0.2, 0.25) is 0 Å². The van der Waals surface area contributed by atoms with Crippen LogP contribution in [0.2, 0.25) is 5.02 Å². The number of hydrogen-bond acceptors (Lipinski definition) is 5. The van der Waals surface area contributed by atoms with Crippen LogP contribution in [0.1, 0.15) is 18.4 Å². The number of aliphatic hydroxyl groups excluding tert-OH is 1. The lowest BCUT2D eigenvalue weighted by atomic mass is 10.1. The number of hydrogen-bond donors (Lipinski definition) is 1. The molecular formula is C18H19ClN2O4. The zero-order valence-electron chi connectivity index (χ0n) is 13.6. The molecular weight excluding hydrogens is 344 g/mol. The number of anilines is 1. The molecule has 3 rings (SSSR count). The van der Waals surface area contributed by atoms with Gasteiger partial charge < -0.3 is 14.7 Å². The molecule has 2 aromatic rings. The van der Waals surface area contributed by atoms with E-state index in [1.54, 1.807) is 6.07 Å². The van der Waals surface area contributed by atoms with E-state index in [4.69, 9.17) is 21.4 Å². The molecule has 2 aromatic carbocycles. The van der Waals surface area contributed by atoms with Crippen molar-refractivity contribution < 1.29 is 14.8 Å². The molecule has 0 bridgehead atoms. The van der Waals surface area contributed by atoms with Gasteiger partial charge in [0, 0.05) is 43.8 Å². The Labute approximate surface area is 150 Å². The lowest BCUT2D eigenvalue weighted by Crippen LogP contribution is -2.38. The number of nitrogens with zero attached hydrogens (tertiary/aromatic N) is 2. The fourth-order valence-corrected chi connectivity index (χ4v) is 3.14. The van der Waals surface area contributed by atoms with E-state index >= 15 is 0 Å². The first-order chi connectivity index (χ1) is 12.1. The third-order valence-electron chi connectivity index (χ3n) is 4.35. The van der Waals surface area contributed by atoms with Gasteiger partial charge in [-0.15, -0.1) is 0 Å². The first kappa shape index (κ1) is 17.5. The van der Waals surface area contributed by atoms with E-state index < -0.39 is 4.92 Å². The van der Waals surface area contributed by atoms with Gasteiger partial charge in [-0.3, -0.25) is 10.1 Å². The minimum absolute atomic E-state index is 0.0342. The lowest BCUT2D eigenvalue weighted by Gasteiger charge is -2.34. The van der Waals surface area contributed by atoms with Crippen LogP contribution in [0.5, 0.6) is 5.75 Å². The van der Waals surface area contributed by atoms with Crippen molar-refractivity contribution in [1.29, 1.82) is 0 Å². The standard InChI is InChI=1S/C18H19ClN2O4/c19-17-11-15(21(23)24)5-6-18(17)25-16-7-9-20(10-8-16)14-3-1-13(12-22)2-4-14/h1-6,11,16,22H,7-10,12H2. The molecule has 1 N–H and O–H groups in total. The average Bonchev–Trinajstić information content (AvgIpc) is 2.64. The van der Waals surface area contributed by atoms with Gasteiger partial charge in [-0.25, -0.2) is 0 Å². The molecule has 0 aromatic heterocycles. The number of halogens is 1. The SMILES string of the molecule is O=[N+]([O-])c1ccc(OC2CCN(c3ccc(CO)cc3)CC2)c(Cl)c1. The fourth-order valence-electron chi connectivity index (χ4n) is 2.92. The number of non-ortho nitro benzene ring substituents is 1.